The van der Waals surface area contributed by atoms with Crippen LogP contribution in [0.5, 0.6) is 5.75 Å². The monoisotopic (exact) mass is 297 g/mol. The molecule has 0 bridgehead atoms. The van der Waals surface area contributed by atoms with Crippen LogP contribution in [0.2, 0.25) is 0 Å². The maximum absolute atomic E-state index is 5.17. The van der Waals surface area contributed by atoms with Crippen molar-refractivity contribution in [2.45, 2.75) is 13.0 Å². The van der Waals surface area contributed by atoms with Gasteiger partial charge in [-0.2, -0.15) is 0 Å². The Balaban J connectivity index is 1.51. The van der Waals surface area contributed by atoms with Crippen LogP contribution < -0.4 is 10.1 Å². The Bertz CT molecular complexity index is 703. The third kappa shape index (κ3) is 3.43. The first-order chi connectivity index (χ1) is 10.4. The molecule has 0 unspecified atom stereocenters. The average Bonchev–Trinajstić information content (AvgIpc) is 2.95. The molecule has 0 atom stereocenters. The quantitative estimate of drug-likeness (QED) is 0.687. The van der Waals surface area contributed by atoms with E-state index < -0.39 is 0 Å². The highest BCUT2D eigenvalue weighted by Gasteiger charge is 2.02. The maximum atomic E-state index is 5.17. The van der Waals surface area contributed by atoms with Crippen molar-refractivity contribution in [2.24, 2.45) is 0 Å². The minimum atomic E-state index is 0.913. The van der Waals surface area contributed by atoms with Crippen molar-refractivity contribution in [1.82, 2.24) is 5.32 Å². The van der Waals surface area contributed by atoms with Gasteiger partial charge in [0.15, 0.2) is 0 Å². The lowest BCUT2D eigenvalue weighted by Crippen LogP contribution is -2.16. The van der Waals surface area contributed by atoms with Crippen LogP contribution >= 0.6 is 11.3 Å². The largest absolute Gasteiger partial charge is 0.497 e. The van der Waals surface area contributed by atoms with Gasteiger partial charge in [-0.05, 0) is 53.1 Å². The van der Waals surface area contributed by atoms with Gasteiger partial charge in [0.25, 0.3) is 0 Å². The Kier molecular flexibility index (Phi) is 4.53. The van der Waals surface area contributed by atoms with E-state index in [0.29, 0.717) is 0 Å². The smallest absolute Gasteiger partial charge is 0.118 e. The van der Waals surface area contributed by atoms with Crippen molar-refractivity contribution in [3.05, 3.63) is 65.0 Å². The van der Waals surface area contributed by atoms with Crippen LogP contribution in [0.3, 0.4) is 0 Å². The van der Waals surface area contributed by atoms with Gasteiger partial charge in [0, 0.05) is 11.2 Å². The molecule has 1 aromatic heterocycles. The second kappa shape index (κ2) is 6.74. The number of hydrogen-bond acceptors (Lipinski definition) is 3. The molecule has 0 amide bonds. The lowest BCUT2D eigenvalue weighted by Gasteiger charge is -2.05. The Labute approximate surface area is 129 Å². The molecule has 0 radical (unpaired) electrons. The molecule has 0 fully saturated rings. The van der Waals surface area contributed by atoms with Crippen molar-refractivity contribution >= 4 is 21.4 Å². The number of thiophene rings is 1. The SMILES string of the molecule is COc1ccc(CCNCc2csc3ccccc23)cc1. The lowest BCUT2D eigenvalue weighted by atomic mass is 10.1. The molecule has 2 nitrogen and oxygen atoms in total. The first-order valence-corrected chi connectivity index (χ1v) is 8.03. The molecule has 0 aliphatic carbocycles. The summed E-state index contributed by atoms with van der Waals surface area (Å²) in [6.45, 7) is 1.91. The van der Waals surface area contributed by atoms with E-state index in [1.165, 1.54) is 21.2 Å². The molecular weight excluding hydrogens is 278 g/mol. The summed E-state index contributed by atoms with van der Waals surface area (Å²) in [5, 5.41) is 7.16. The molecule has 0 aliphatic heterocycles. The van der Waals surface area contributed by atoms with Gasteiger partial charge < -0.3 is 10.1 Å². The summed E-state index contributed by atoms with van der Waals surface area (Å²) in [7, 11) is 1.70. The zero-order valence-corrected chi connectivity index (χ0v) is 13.0. The Morgan fingerprint density at radius 3 is 2.67 bits per heavy atom. The molecule has 3 heteroatoms. The molecule has 3 rings (SSSR count). The summed E-state index contributed by atoms with van der Waals surface area (Å²) in [6, 6.07) is 16.9. The van der Waals surface area contributed by atoms with Gasteiger partial charge in [-0.25, -0.2) is 0 Å². The molecule has 0 aliphatic rings. The second-order valence-corrected chi connectivity index (χ2v) is 5.94. The topological polar surface area (TPSA) is 21.3 Å². The van der Waals surface area contributed by atoms with Gasteiger partial charge in [0.2, 0.25) is 0 Å². The van der Waals surface area contributed by atoms with E-state index in [1.807, 2.05) is 23.5 Å². The minimum absolute atomic E-state index is 0.913. The van der Waals surface area contributed by atoms with Crippen LogP contribution in [-0.4, -0.2) is 13.7 Å². The number of methoxy groups -OCH3 is 1. The number of hydrogen-bond donors (Lipinski definition) is 1. The number of benzene rings is 2. The fraction of sp³-hybridized carbons (Fsp3) is 0.222. The van der Waals surface area contributed by atoms with Gasteiger partial charge in [0.05, 0.1) is 7.11 Å². The highest BCUT2D eigenvalue weighted by molar-refractivity contribution is 7.17. The van der Waals surface area contributed by atoms with Gasteiger partial charge in [-0.3, -0.25) is 0 Å². The Morgan fingerprint density at radius 1 is 1.05 bits per heavy atom. The molecule has 0 saturated carbocycles. The molecule has 21 heavy (non-hydrogen) atoms. The molecule has 108 valence electrons. The van der Waals surface area contributed by atoms with Crippen LogP contribution in [0, 0.1) is 0 Å². The van der Waals surface area contributed by atoms with Crippen molar-refractivity contribution in [3.8, 4) is 5.75 Å². The molecule has 3 aromatic rings. The van der Waals surface area contributed by atoms with E-state index in [4.69, 9.17) is 4.74 Å². The lowest BCUT2D eigenvalue weighted by molar-refractivity contribution is 0.414. The summed E-state index contributed by atoms with van der Waals surface area (Å²) >= 11 is 1.82. The van der Waals surface area contributed by atoms with Crippen LogP contribution in [-0.2, 0) is 13.0 Å². The first-order valence-electron chi connectivity index (χ1n) is 7.15. The zero-order chi connectivity index (χ0) is 14.5. The van der Waals surface area contributed by atoms with Crippen LogP contribution in [0.25, 0.3) is 10.1 Å². The number of nitrogens with one attached hydrogen (secondary N) is 1. The molecule has 2 aromatic carbocycles. The summed E-state index contributed by atoms with van der Waals surface area (Å²) in [4.78, 5) is 0. The highest BCUT2D eigenvalue weighted by atomic mass is 32.1. The van der Waals surface area contributed by atoms with Crippen molar-refractivity contribution in [3.63, 3.8) is 0 Å². The van der Waals surface area contributed by atoms with Gasteiger partial charge in [-0.15, -0.1) is 11.3 Å². The predicted molar refractivity (Wildman–Crippen MR) is 90.2 cm³/mol. The number of ether oxygens (including phenoxy) is 1. The summed E-state index contributed by atoms with van der Waals surface area (Å²) < 4.78 is 6.54. The van der Waals surface area contributed by atoms with Crippen LogP contribution in [0.15, 0.2) is 53.9 Å². The van der Waals surface area contributed by atoms with Crippen molar-refractivity contribution in [2.75, 3.05) is 13.7 Å². The van der Waals surface area contributed by atoms with E-state index in [1.54, 1.807) is 7.11 Å². The van der Waals surface area contributed by atoms with Crippen molar-refractivity contribution in [1.29, 1.82) is 0 Å². The maximum Gasteiger partial charge on any atom is 0.118 e. The van der Waals surface area contributed by atoms with Gasteiger partial charge in [0.1, 0.15) is 5.75 Å². The summed E-state index contributed by atoms with van der Waals surface area (Å²) in [5.41, 5.74) is 2.73. The molecular formula is C18H19NOS. The minimum Gasteiger partial charge on any atom is -0.497 e. The van der Waals surface area contributed by atoms with Gasteiger partial charge >= 0.3 is 0 Å². The Morgan fingerprint density at radius 2 is 1.86 bits per heavy atom. The summed E-state index contributed by atoms with van der Waals surface area (Å²) in [6.07, 6.45) is 1.03. The average molecular weight is 297 g/mol. The molecule has 1 N–H and O–H groups in total. The summed E-state index contributed by atoms with van der Waals surface area (Å²) in [5.74, 6) is 0.913. The number of rotatable bonds is 6. The van der Waals surface area contributed by atoms with E-state index in [-0.39, 0.29) is 0 Å². The van der Waals surface area contributed by atoms with Crippen molar-refractivity contribution < 1.29 is 4.74 Å². The van der Waals surface area contributed by atoms with Gasteiger partial charge in [-0.1, -0.05) is 30.3 Å². The van der Waals surface area contributed by atoms with E-state index >= 15 is 0 Å². The fourth-order valence-electron chi connectivity index (χ4n) is 2.42. The van der Waals surface area contributed by atoms with E-state index in [9.17, 15) is 0 Å². The third-order valence-electron chi connectivity index (χ3n) is 3.63. The first kappa shape index (κ1) is 14.1. The normalized spacial score (nSPS) is 10.9. The zero-order valence-electron chi connectivity index (χ0n) is 12.1. The van der Waals surface area contributed by atoms with Crippen LogP contribution in [0.4, 0.5) is 0 Å². The van der Waals surface area contributed by atoms with Crippen LogP contribution in [0.1, 0.15) is 11.1 Å². The molecule has 0 saturated heterocycles. The second-order valence-electron chi connectivity index (χ2n) is 5.03. The fourth-order valence-corrected chi connectivity index (χ4v) is 3.38. The molecule has 0 spiro atoms. The third-order valence-corrected chi connectivity index (χ3v) is 4.64. The molecule has 1 heterocycles. The van der Waals surface area contributed by atoms with E-state index in [2.05, 4.69) is 47.1 Å². The van der Waals surface area contributed by atoms with E-state index in [0.717, 1.165) is 25.3 Å². The predicted octanol–water partition coefficient (Wildman–Crippen LogP) is 4.24. The highest BCUT2D eigenvalue weighted by Crippen LogP contribution is 2.25. The Hall–Kier alpha value is -1.84. The standard InChI is InChI=1S/C18H19NOS/c1-20-16-8-6-14(7-9-16)10-11-19-12-15-13-21-18-5-3-2-4-17(15)18/h2-9,13,19H,10-12H2,1H3. The number of fused-ring (bicyclic) bond motifs is 1.